The summed E-state index contributed by atoms with van der Waals surface area (Å²) in [5.74, 6) is 0.665. The Hall–Kier alpha value is -1.07. The van der Waals surface area contributed by atoms with Crippen LogP contribution >= 0.6 is 12.4 Å². The van der Waals surface area contributed by atoms with Crippen molar-refractivity contribution in [2.45, 2.75) is 46.1 Å². The molecule has 1 fully saturated rings. The summed E-state index contributed by atoms with van der Waals surface area (Å²) in [7, 11) is 0. The maximum Gasteiger partial charge on any atom is 0.272 e. The number of nitrogens with zero attached hydrogens (tertiary/aromatic N) is 1. The van der Waals surface area contributed by atoms with Gasteiger partial charge in [0.2, 0.25) is 0 Å². The van der Waals surface area contributed by atoms with Crippen molar-refractivity contribution in [2.24, 2.45) is 11.3 Å². The molecule has 2 aliphatic rings. The van der Waals surface area contributed by atoms with E-state index in [0.717, 1.165) is 37.3 Å². The van der Waals surface area contributed by atoms with Gasteiger partial charge in [-0.15, -0.1) is 12.4 Å². The molecule has 1 saturated carbocycles. The zero-order valence-corrected chi connectivity index (χ0v) is 13.6. The van der Waals surface area contributed by atoms with Crippen LogP contribution in [0.3, 0.4) is 0 Å². The number of aromatic amines is 1. The van der Waals surface area contributed by atoms with Crippen LogP contribution in [0.2, 0.25) is 0 Å². The van der Waals surface area contributed by atoms with Gasteiger partial charge in [-0.2, -0.15) is 5.10 Å². The molecular weight excluding hydrogens is 288 g/mol. The second-order valence-corrected chi connectivity index (χ2v) is 6.74. The van der Waals surface area contributed by atoms with Crippen molar-refractivity contribution in [3.63, 3.8) is 0 Å². The SMILES string of the molecule is CC(C)CC1(CNC(=O)c2n[nH]c3c2CNCC3)CC1.Cl. The lowest BCUT2D eigenvalue weighted by Crippen LogP contribution is -2.33. The topological polar surface area (TPSA) is 69.8 Å². The van der Waals surface area contributed by atoms with Gasteiger partial charge in [-0.05, 0) is 30.6 Å². The third-order valence-electron chi connectivity index (χ3n) is 4.44. The molecule has 1 aliphatic heterocycles. The van der Waals surface area contributed by atoms with Gasteiger partial charge in [0.25, 0.3) is 5.91 Å². The molecule has 118 valence electrons. The molecule has 0 bridgehead atoms. The van der Waals surface area contributed by atoms with Gasteiger partial charge in [0, 0.05) is 37.3 Å². The summed E-state index contributed by atoms with van der Waals surface area (Å²) in [6.07, 6.45) is 4.61. The van der Waals surface area contributed by atoms with Gasteiger partial charge in [-0.3, -0.25) is 9.89 Å². The highest BCUT2D eigenvalue weighted by molar-refractivity contribution is 5.94. The molecule has 3 rings (SSSR count). The zero-order valence-electron chi connectivity index (χ0n) is 12.8. The molecule has 1 aromatic rings. The number of H-pyrrole nitrogens is 1. The largest absolute Gasteiger partial charge is 0.350 e. The zero-order chi connectivity index (χ0) is 14.2. The molecule has 6 heteroatoms. The average molecular weight is 313 g/mol. The Balaban J connectivity index is 0.00000161. The van der Waals surface area contributed by atoms with Crippen molar-refractivity contribution in [1.82, 2.24) is 20.8 Å². The van der Waals surface area contributed by atoms with E-state index in [1.54, 1.807) is 0 Å². The van der Waals surface area contributed by atoms with E-state index >= 15 is 0 Å². The molecule has 0 aromatic carbocycles. The third kappa shape index (κ3) is 3.58. The van der Waals surface area contributed by atoms with Crippen molar-refractivity contribution in [3.8, 4) is 0 Å². The Kier molecular flexibility index (Phi) is 4.94. The lowest BCUT2D eigenvalue weighted by molar-refractivity contribution is 0.0936. The lowest BCUT2D eigenvalue weighted by atomic mass is 9.94. The first-order chi connectivity index (χ1) is 9.60. The van der Waals surface area contributed by atoms with Crippen molar-refractivity contribution in [1.29, 1.82) is 0 Å². The molecule has 0 radical (unpaired) electrons. The summed E-state index contributed by atoms with van der Waals surface area (Å²) in [5, 5.41) is 13.6. The lowest BCUT2D eigenvalue weighted by Gasteiger charge is -2.18. The highest BCUT2D eigenvalue weighted by Crippen LogP contribution is 2.50. The van der Waals surface area contributed by atoms with Crippen molar-refractivity contribution < 1.29 is 4.79 Å². The predicted molar refractivity (Wildman–Crippen MR) is 84.7 cm³/mol. The number of rotatable bonds is 5. The molecule has 0 spiro atoms. The van der Waals surface area contributed by atoms with Crippen molar-refractivity contribution >= 4 is 18.3 Å². The van der Waals surface area contributed by atoms with Gasteiger partial charge in [-0.25, -0.2) is 0 Å². The second-order valence-electron chi connectivity index (χ2n) is 6.74. The smallest absolute Gasteiger partial charge is 0.272 e. The van der Waals surface area contributed by atoms with Crippen LogP contribution in [0.1, 0.15) is 54.9 Å². The predicted octanol–water partition coefficient (Wildman–Crippen LogP) is 2.03. The Morgan fingerprint density at radius 2 is 2.19 bits per heavy atom. The average Bonchev–Trinajstić information content (AvgIpc) is 3.03. The van der Waals surface area contributed by atoms with E-state index in [1.807, 2.05) is 0 Å². The van der Waals surface area contributed by atoms with E-state index in [9.17, 15) is 4.79 Å². The van der Waals surface area contributed by atoms with Crippen LogP contribution in [-0.2, 0) is 13.0 Å². The number of carbonyl (C=O) groups excluding carboxylic acids is 1. The minimum Gasteiger partial charge on any atom is -0.350 e. The number of nitrogens with one attached hydrogen (secondary N) is 3. The summed E-state index contributed by atoms with van der Waals surface area (Å²) < 4.78 is 0. The number of amides is 1. The van der Waals surface area contributed by atoms with Crippen LogP contribution in [0, 0.1) is 11.3 Å². The maximum absolute atomic E-state index is 12.3. The fourth-order valence-corrected chi connectivity index (χ4v) is 3.26. The molecular formula is C15H25ClN4O. The first kappa shape index (κ1) is 16.3. The van der Waals surface area contributed by atoms with Crippen LogP contribution in [0.15, 0.2) is 0 Å². The van der Waals surface area contributed by atoms with Crippen LogP contribution < -0.4 is 10.6 Å². The Labute approximate surface area is 132 Å². The highest BCUT2D eigenvalue weighted by Gasteiger charge is 2.43. The second kappa shape index (κ2) is 6.36. The van der Waals surface area contributed by atoms with Crippen molar-refractivity contribution in [3.05, 3.63) is 17.0 Å². The fourth-order valence-electron chi connectivity index (χ4n) is 3.26. The minimum atomic E-state index is -0.0266. The van der Waals surface area contributed by atoms with Gasteiger partial charge in [0.15, 0.2) is 5.69 Å². The van der Waals surface area contributed by atoms with Crippen LogP contribution in [0.25, 0.3) is 0 Å². The minimum absolute atomic E-state index is 0. The standard InChI is InChI=1S/C15H24N4O.ClH/c1-10(2)7-15(4-5-15)9-17-14(20)13-11-8-16-6-3-12(11)18-19-13;/h10,16H,3-9H2,1-2H3,(H,17,20)(H,18,19);1H. The van der Waals surface area contributed by atoms with Crippen LogP contribution in [-0.4, -0.2) is 29.2 Å². The van der Waals surface area contributed by atoms with Gasteiger partial charge in [0.05, 0.1) is 0 Å². The monoisotopic (exact) mass is 312 g/mol. The summed E-state index contributed by atoms with van der Waals surface area (Å²) in [4.78, 5) is 12.3. The van der Waals surface area contributed by atoms with E-state index in [2.05, 4.69) is 34.7 Å². The van der Waals surface area contributed by atoms with Gasteiger partial charge in [-0.1, -0.05) is 13.8 Å². The Bertz CT molecular complexity index is 508. The highest BCUT2D eigenvalue weighted by atomic mass is 35.5. The van der Waals surface area contributed by atoms with Gasteiger partial charge in [0.1, 0.15) is 0 Å². The van der Waals surface area contributed by atoms with Crippen molar-refractivity contribution in [2.75, 3.05) is 13.1 Å². The first-order valence-corrected chi connectivity index (χ1v) is 7.65. The molecule has 1 amide bonds. The van der Waals surface area contributed by atoms with Gasteiger partial charge < -0.3 is 10.6 Å². The van der Waals surface area contributed by atoms with E-state index in [1.165, 1.54) is 19.3 Å². The Morgan fingerprint density at radius 1 is 1.43 bits per heavy atom. The number of hydrogen-bond donors (Lipinski definition) is 3. The number of carbonyl (C=O) groups is 1. The summed E-state index contributed by atoms with van der Waals surface area (Å²) in [5.41, 5.74) is 3.09. The molecule has 1 aromatic heterocycles. The third-order valence-corrected chi connectivity index (χ3v) is 4.44. The summed E-state index contributed by atoms with van der Waals surface area (Å²) in [6, 6.07) is 0. The van der Waals surface area contributed by atoms with E-state index < -0.39 is 0 Å². The molecule has 3 N–H and O–H groups in total. The van der Waals surface area contributed by atoms with Crippen LogP contribution in [0.5, 0.6) is 0 Å². The summed E-state index contributed by atoms with van der Waals surface area (Å²) >= 11 is 0. The van der Waals surface area contributed by atoms with E-state index in [0.29, 0.717) is 17.0 Å². The first-order valence-electron chi connectivity index (χ1n) is 7.65. The van der Waals surface area contributed by atoms with Gasteiger partial charge >= 0.3 is 0 Å². The number of fused-ring (bicyclic) bond motifs is 1. The molecule has 2 heterocycles. The Morgan fingerprint density at radius 3 is 2.86 bits per heavy atom. The number of aromatic nitrogens is 2. The number of hydrogen-bond acceptors (Lipinski definition) is 3. The maximum atomic E-state index is 12.3. The quantitative estimate of drug-likeness (QED) is 0.779. The molecule has 0 atom stereocenters. The molecule has 21 heavy (non-hydrogen) atoms. The molecule has 0 saturated heterocycles. The normalized spacial score (nSPS) is 18.8. The molecule has 1 aliphatic carbocycles. The molecule has 5 nitrogen and oxygen atoms in total. The number of halogens is 1. The fraction of sp³-hybridized carbons (Fsp3) is 0.733. The molecule has 0 unspecified atom stereocenters. The van der Waals surface area contributed by atoms with E-state index in [-0.39, 0.29) is 18.3 Å². The summed E-state index contributed by atoms with van der Waals surface area (Å²) in [6.45, 7) is 6.98. The van der Waals surface area contributed by atoms with Crippen LogP contribution in [0.4, 0.5) is 0 Å². The van der Waals surface area contributed by atoms with E-state index in [4.69, 9.17) is 0 Å².